The van der Waals surface area contributed by atoms with Crippen molar-refractivity contribution < 1.29 is 43.3 Å². The van der Waals surface area contributed by atoms with Crippen LogP contribution in [0.3, 0.4) is 0 Å². The molecule has 0 saturated carbocycles. The Bertz CT molecular complexity index is 1970. The van der Waals surface area contributed by atoms with Crippen LogP contribution in [0.4, 0.5) is 0 Å². The zero-order chi connectivity index (χ0) is 33.2. The van der Waals surface area contributed by atoms with Crippen molar-refractivity contribution in [2.24, 2.45) is 0 Å². The maximum atomic E-state index is 12.8. The topological polar surface area (TPSA) is 140 Å². The summed E-state index contributed by atoms with van der Waals surface area (Å²) < 4.78 is 16.7. The number of ether oxygens (including phenoxy) is 3. The van der Waals surface area contributed by atoms with Crippen molar-refractivity contribution in [3.63, 3.8) is 0 Å². The summed E-state index contributed by atoms with van der Waals surface area (Å²) in [4.78, 5) is 65.3. The molecule has 0 spiro atoms. The summed E-state index contributed by atoms with van der Waals surface area (Å²) in [7, 11) is 0. The summed E-state index contributed by atoms with van der Waals surface area (Å²) in [5, 5.41) is 10.5. The summed E-state index contributed by atoms with van der Waals surface area (Å²) in [5.74, 6) is -1.28. The van der Waals surface area contributed by atoms with Crippen LogP contribution in [0.5, 0.6) is 23.0 Å². The number of aliphatic hydroxyl groups is 1. The number of fused-ring (bicyclic) bond motifs is 2. The molecule has 4 aromatic rings. The smallest absolute Gasteiger partial charge is 0.343 e. The third-order valence-corrected chi connectivity index (χ3v) is 7.50. The van der Waals surface area contributed by atoms with Gasteiger partial charge in [-0.1, -0.05) is 12.2 Å². The van der Waals surface area contributed by atoms with Gasteiger partial charge in [0.2, 0.25) is 0 Å². The van der Waals surface area contributed by atoms with Crippen LogP contribution in [0.25, 0.3) is 0 Å². The lowest BCUT2D eigenvalue weighted by Crippen LogP contribution is -2.29. The summed E-state index contributed by atoms with van der Waals surface area (Å²) in [6.07, 6.45) is 1.78. The van der Waals surface area contributed by atoms with Crippen LogP contribution >= 0.6 is 0 Å². The van der Waals surface area contributed by atoms with E-state index in [4.69, 9.17) is 14.2 Å². The number of esters is 2. The molecule has 4 aromatic carbocycles. The Kier molecular flexibility index (Phi) is 8.21. The maximum absolute atomic E-state index is 12.8. The van der Waals surface area contributed by atoms with Gasteiger partial charge in [-0.05, 0) is 84.9 Å². The Labute approximate surface area is 268 Å². The fourth-order valence-corrected chi connectivity index (χ4v) is 5.19. The van der Waals surface area contributed by atoms with Gasteiger partial charge in [0, 0.05) is 24.2 Å². The van der Waals surface area contributed by atoms with Gasteiger partial charge in [0.15, 0.2) is 6.23 Å². The van der Waals surface area contributed by atoms with Gasteiger partial charge in [0.25, 0.3) is 17.7 Å². The standard InChI is InChI=1S/C36H26N2O9/c1-3-17-37-31(39)27-15-5-21(19-29(27)33(37)41)35(43)46-25-11-7-23(8-12-25)45-24-9-13-26(14-10-24)47-36(44)22-6-16-28-30(20-22)34(42)38(18-4-2)32(28)40/h3-16,19-20,33,41H,1-2,17-18H2. The van der Waals surface area contributed by atoms with Crippen LogP contribution in [0.2, 0.25) is 0 Å². The number of hydrogen-bond acceptors (Lipinski definition) is 9. The maximum Gasteiger partial charge on any atom is 0.343 e. The molecule has 1 unspecified atom stereocenters. The molecule has 234 valence electrons. The number of carbonyl (C=O) groups is 5. The average Bonchev–Trinajstić information content (AvgIpc) is 3.46. The number of carbonyl (C=O) groups excluding carboxylic acids is 5. The van der Waals surface area contributed by atoms with Gasteiger partial charge >= 0.3 is 11.9 Å². The first-order valence-corrected chi connectivity index (χ1v) is 14.4. The third kappa shape index (κ3) is 5.90. The second-order valence-electron chi connectivity index (χ2n) is 10.5. The lowest BCUT2D eigenvalue weighted by Gasteiger charge is -2.18. The molecular weight excluding hydrogens is 604 g/mol. The molecule has 2 aliphatic rings. The summed E-state index contributed by atoms with van der Waals surface area (Å²) in [6, 6.07) is 21.2. The van der Waals surface area contributed by atoms with E-state index in [0.717, 1.165) is 4.90 Å². The van der Waals surface area contributed by atoms with E-state index < -0.39 is 30.0 Å². The molecule has 47 heavy (non-hydrogen) atoms. The molecule has 2 aliphatic heterocycles. The fraction of sp³-hybridized carbons (Fsp3) is 0.0833. The van der Waals surface area contributed by atoms with Crippen molar-refractivity contribution in [1.29, 1.82) is 0 Å². The van der Waals surface area contributed by atoms with E-state index in [9.17, 15) is 29.1 Å². The highest BCUT2D eigenvalue weighted by Gasteiger charge is 2.36. The minimum atomic E-state index is -1.18. The van der Waals surface area contributed by atoms with E-state index >= 15 is 0 Å². The van der Waals surface area contributed by atoms with Crippen molar-refractivity contribution in [1.82, 2.24) is 9.80 Å². The predicted molar refractivity (Wildman–Crippen MR) is 168 cm³/mol. The first-order valence-electron chi connectivity index (χ1n) is 14.4. The van der Waals surface area contributed by atoms with E-state index in [-0.39, 0.29) is 52.7 Å². The highest BCUT2D eigenvalue weighted by molar-refractivity contribution is 6.22. The van der Waals surface area contributed by atoms with Gasteiger partial charge in [-0.3, -0.25) is 19.3 Å². The Morgan fingerprint density at radius 1 is 0.638 bits per heavy atom. The van der Waals surface area contributed by atoms with E-state index in [0.29, 0.717) is 22.6 Å². The zero-order valence-corrected chi connectivity index (χ0v) is 24.8. The Morgan fingerprint density at radius 3 is 1.68 bits per heavy atom. The highest BCUT2D eigenvalue weighted by atomic mass is 16.5. The summed E-state index contributed by atoms with van der Waals surface area (Å²) in [5.41, 5.74) is 1.28. The molecule has 1 N–H and O–H groups in total. The quantitative estimate of drug-likeness (QED) is 0.107. The monoisotopic (exact) mass is 630 g/mol. The first-order chi connectivity index (χ1) is 22.7. The SMILES string of the molecule is C=CCN1C(=O)c2ccc(C(=O)Oc3ccc(Oc4ccc(OC(=O)c5ccc6c(c5)C(O)N(CC=C)C6=O)cc4)cc3)cc2C1=O. The molecule has 0 radical (unpaired) electrons. The number of benzene rings is 4. The van der Waals surface area contributed by atoms with E-state index in [2.05, 4.69) is 13.2 Å². The predicted octanol–water partition coefficient (Wildman–Crippen LogP) is 5.33. The average molecular weight is 631 g/mol. The molecule has 3 amide bonds. The number of nitrogens with zero attached hydrogens (tertiary/aromatic N) is 2. The van der Waals surface area contributed by atoms with Gasteiger partial charge in [-0.2, -0.15) is 0 Å². The van der Waals surface area contributed by atoms with E-state index in [1.807, 2.05) is 0 Å². The second-order valence-corrected chi connectivity index (χ2v) is 10.5. The molecule has 6 rings (SSSR count). The lowest BCUT2D eigenvalue weighted by atomic mass is 10.1. The minimum Gasteiger partial charge on any atom is -0.457 e. The van der Waals surface area contributed by atoms with Crippen molar-refractivity contribution >= 4 is 29.7 Å². The van der Waals surface area contributed by atoms with Crippen LogP contribution in [0.15, 0.2) is 110 Å². The van der Waals surface area contributed by atoms with Gasteiger partial charge in [0.05, 0.1) is 22.3 Å². The molecule has 0 saturated heterocycles. The summed E-state index contributed by atoms with van der Waals surface area (Å²) in [6.45, 7) is 7.39. The molecule has 0 fully saturated rings. The number of aliphatic hydroxyl groups excluding tert-OH is 1. The van der Waals surface area contributed by atoms with Crippen LogP contribution < -0.4 is 14.2 Å². The lowest BCUT2D eigenvalue weighted by molar-refractivity contribution is 0.0232. The van der Waals surface area contributed by atoms with Crippen LogP contribution in [-0.4, -0.2) is 57.7 Å². The molecule has 0 aromatic heterocycles. The minimum absolute atomic E-state index is 0.0708. The number of hydrogen-bond donors (Lipinski definition) is 1. The van der Waals surface area contributed by atoms with Crippen molar-refractivity contribution in [3.05, 3.63) is 144 Å². The van der Waals surface area contributed by atoms with Crippen molar-refractivity contribution in [3.8, 4) is 23.0 Å². The number of imide groups is 1. The van der Waals surface area contributed by atoms with Gasteiger partial charge in [-0.15, -0.1) is 13.2 Å². The summed E-state index contributed by atoms with van der Waals surface area (Å²) >= 11 is 0. The van der Waals surface area contributed by atoms with Crippen molar-refractivity contribution in [2.75, 3.05) is 13.1 Å². The van der Waals surface area contributed by atoms with Crippen molar-refractivity contribution in [2.45, 2.75) is 6.23 Å². The third-order valence-electron chi connectivity index (χ3n) is 7.50. The second kappa shape index (κ2) is 12.6. The Balaban J connectivity index is 1.05. The molecule has 2 heterocycles. The Hall–Kier alpha value is -6.33. The largest absolute Gasteiger partial charge is 0.457 e. The molecule has 0 aliphatic carbocycles. The molecule has 1 atom stereocenters. The Morgan fingerprint density at radius 2 is 1.13 bits per heavy atom. The zero-order valence-electron chi connectivity index (χ0n) is 24.8. The highest BCUT2D eigenvalue weighted by Crippen LogP contribution is 2.33. The molecular formula is C36H26N2O9. The molecule has 11 heteroatoms. The van der Waals surface area contributed by atoms with Gasteiger partial charge < -0.3 is 24.2 Å². The van der Waals surface area contributed by atoms with E-state index in [1.165, 1.54) is 65.6 Å². The van der Waals surface area contributed by atoms with Gasteiger partial charge in [0.1, 0.15) is 23.0 Å². The van der Waals surface area contributed by atoms with E-state index in [1.54, 1.807) is 36.4 Å². The first kappa shape index (κ1) is 30.7. The van der Waals surface area contributed by atoms with Gasteiger partial charge in [-0.25, -0.2) is 9.59 Å². The molecule has 0 bridgehead atoms. The van der Waals surface area contributed by atoms with Crippen LogP contribution in [0.1, 0.15) is 63.6 Å². The number of amides is 3. The van der Waals surface area contributed by atoms with Crippen LogP contribution in [0, 0.1) is 0 Å². The van der Waals surface area contributed by atoms with Crippen LogP contribution in [-0.2, 0) is 0 Å². The fourth-order valence-electron chi connectivity index (χ4n) is 5.19. The number of rotatable bonds is 10. The normalized spacial score (nSPS) is 14.8. The molecule has 11 nitrogen and oxygen atoms in total.